The number of ether oxygens (including phenoxy) is 1. The summed E-state index contributed by atoms with van der Waals surface area (Å²) in [7, 11) is -2.23. The summed E-state index contributed by atoms with van der Waals surface area (Å²) in [5.74, 6) is 0.330. The van der Waals surface area contributed by atoms with Gasteiger partial charge in [0.25, 0.3) is 10.0 Å². The Balaban J connectivity index is 1.97. The van der Waals surface area contributed by atoms with E-state index in [1.54, 1.807) is 37.3 Å². The third kappa shape index (κ3) is 3.78. The minimum Gasteiger partial charge on any atom is -0.494 e. The summed E-state index contributed by atoms with van der Waals surface area (Å²) < 4.78 is 33.4. The zero-order valence-corrected chi connectivity index (χ0v) is 15.8. The lowest BCUT2D eigenvalue weighted by molar-refractivity contribution is -0.115. The molecule has 0 unspecified atom stereocenters. The summed E-state index contributed by atoms with van der Waals surface area (Å²) >= 11 is 1.16. The summed E-state index contributed by atoms with van der Waals surface area (Å²) in [6.45, 7) is 1.76. The number of aromatic nitrogens is 1. The lowest BCUT2D eigenvalue weighted by Gasteiger charge is -2.06. The first kappa shape index (κ1) is 18.2. The first-order valence-electron chi connectivity index (χ1n) is 7.79. The van der Waals surface area contributed by atoms with Crippen molar-refractivity contribution >= 4 is 48.3 Å². The number of hydrogen-bond donors (Lipinski definition) is 2. The number of fused-ring (bicyclic) bond motifs is 1. The van der Waals surface area contributed by atoms with Crippen LogP contribution < -0.4 is 14.8 Å². The quantitative estimate of drug-likeness (QED) is 0.671. The first-order chi connectivity index (χ1) is 12.4. The van der Waals surface area contributed by atoms with E-state index >= 15 is 0 Å². The van der Waals surface area contributed by atoms with E-state index < -0.39 is 10.0 Å². The third-order valence-corrected chi connectivity index (χ3v) is 5.96. The molecule has 0 aliphatic rings. The van der Waals surface area contributed by atoms with Crippen molar-refractivity contribution in [2.75, 3.05) is 17.1 Å². The van der Waals surface area contributed by atoms with Gasteiger partial charge in [0.2, 0.25) is 5.91 Å². The second-order valence-electron chi connectivity index (χ2n) is 5.36. The summed E-state index contributed by atoms with van der Waals surface area (Å²) in [6, 6.07) is 11.5. The van der Waals surface area contributed by atoms with E-state index in [0.717, 1.165) is 11.3 Å². The van der Waals surface area contributed by atoms with Crippen LogP contribution in [0.15, 0.2) is 47.4 Å². The number of benzene rings is 2. The Bertz CT molecular complexity index is 1050. The minimum absolute atomic E-state index is 0.124. The van der Waals surface area contributed by atoms with Crippen molar-refractivity contribution in [3.63, 3.8) is 0 Å². The van der Waals surface area contributed by atoms with Crippen molar-refractivity contribution in [1.82, 2.24) is 4.98 Å². The predicted molar refractivity (Wildman–Crippen MR) is 102 cm³/mol. The number of thiazole rings is 1. The van der Waals surface area contributed by atoms with E-state index in [1.807, 2.05) is 0 Å². The van der Waals surface area contributed by atoms with Gasteiger partial charge in [-0.05, 0) is 18.2 Å². The summed E-state index contributed by atoms with van der Waals surface area (Å²) in [4.78, 5) is 16.1. The number of carbonyl (C=O) groups is 1. The van der Waals surface area contributed by atoms with Gasteiger partial charge in [0, 0.05) is 18.2 Å². The number of hydrogen-bond acceptors (Lipinski definition) is 6. The molecule has 0 aliphatic carbocycles. The lowest BCUT2D eigenvalue weighted by atomic mass is 10.2. The Kier molecular flexibility index (Phi) is 5.10. The second kappa shape index (κ2) is 7.30. The molecule has 0 saturated heterocycles. The number of anilines is 2. The monoisotopic (exact) mass is 391 g/mol. The van der Waals surface area contributed by atoms with E-state index in [-0.39, 0.29) is 15.9 Å². The van der Waals surface area contributed by atoms with Gasteiger partial charge in [-0.1, -0.05) is 36.5 Å². The van der Waals surface area contributed by atoms with Gasteiger partial charge in [0.1, 0.15) is 11.3 Å². The molecule has 2 aromatic carbocycles. The highest BCUT2D eigenvalue weighted by molar-refractivity contribution is 7.93. The molecule has 9 heteroatoms. The molecule has 0 atom stereocenters. The number of amides is 1. The van der Waals surface area contributed by atoms with Crippen molar-refractivity contribution in [3.8, 4) is 5.75 Å². The fraction of sp³-hybridized carbons (Fsp3) is 0.176. The fourth-order valence-corrected chi connectivity index (χ4v) is 4.47. The van der Waals surface area contributed by atoms with Crippen LogP contribution in [0.2, 0.25) is 0 Å². The normalized spacial score (nSPS) is 11.3. The molecule has 0 spiro atoms. The van der Waals surface area contributed by atoms with Crippen molar-refractivity contribution in [3.05, 3.63) is 42.5 Å². The van der Waals surface area contributed by atoms with Crippen LogP contribution in [0.4, 0.5) is 10.8 Å². The maximum atomic E-state index is 12.5. The Morgan fingerprint density at radius 2 is 1.96 bits per heavy atom. The summed E-state index contributed by atoms with van der Waals surface area (Å²) in [6.07, 6.45) is 0.352. The lowest BCUT2D eigenvalue weighted by Crippen LogP contribution is -2.12. The molecule has 1 heterocycles. The van der Waals surface area contributed by atoms with Crippen LogP contribution in [-0.4, -0.2) is 26.4 Å². The van der Waals surface area contributed by atoms with E-state index in [4.69, 9.17) is 4.74 Å². The van der Waals surface area contributed by atoms with E-state index in [9.17, 15) is 13.2 Å². The Morgan fingerprint density at radius 1 is 1.23 bits per heavy atom. The molecule has 0 aliphatic heterocycles. The average molecular weight is 391 g/mol. The number of rotatable bonds is 6. The van der Waals surface area contributed by atoms with Crippen LogP contribution in [0.1, 0.15) is 13.3 Å². The first-order valence-corrected chi connectivity index (χ1v) is 10.1. The molecular formula is C17H17N3O4S2. The number of nitrogens with one attached hydrogen (secondary N) is 2. The largest absolute Gasteiger partial charge is 0.494 e. The van der Waals surface area contributed by atoms with Gasteiger partial charge in [-0.2, -0.15) is 0 Å². The van der Waals surface area contributed by atoms with Crippen molar-refractivity contribution in [1.29, 1.82) is 0 Å². The highest BCUT2D eigenvalue weighted by Gasteiger charge is 2.18. The van der Waals surface area contributed by atoms with Crippen LogP contribution in [-0.2, 0) is 14.8 Å². The zero-order valence-electron chi connectivity index (χ0n) is 14.1. The van der Waals surface area contributed by atoms with Crippen LogP contribution >= 0.6 is 11.3 Å². The van der Waals surface area contributed by atoms with Gasteiger partial charge in [-0.15, -0.1) is 0 Å². The van der Waals surface area contributed by atoms with Gasteiger partial charge in [-0.25, -0.2) is 13.4 Å². The molecule has 26 heavy (non-hydrogen) atoms. The van der Waals surface area contributed by atoms with Crippen molar-refractivity contribution in [2.45, 2.75) is 18.2 Å². The smallest absolute Gasteiger partial charge is 0.263 e. The van der Waals surface area contributed by atoms with Crippen molar-refractivity contribution in [2.24, 2.45) is 0 Å². The van der Waals surface area contributed by atoms with Gasteiger partial charge in [0.05, 0.1) is 16.7 Å². The van der Waals surface area contributed by atoms with Gasteiger partial charge < -0.3 is 10.1 Å². The molecule has 1 aromatic heterocycles. The van der Waals surface area contributed by atoms with E-state index in [1.165, 1.54) is 19.2 Å². The third-order valence-electron chi connectivity index (χ3n) is 3.56. The van der Waals surface area contributed by atoms with Crippen LogP contribution in [0.25, 0.3) is 10.2 Å². The highest BCUT2D eigenvalue weighted by atomic mass is 32.2. The Labute approximate surface area is 155 Å². The standard InChI is InChI=1S/C17H17N3O4S2/c1-3-15(21)18-11-9-13(24-2)16-14(10-11)25-17(19-16)20-26(22,23)12-7-5-4-6-8-12/h4-10H,3H2,1-2H3,(H,18,21)(H,19,20). The highest BCUT2D eigenvalue weighted by Crippen LogP contribution is 2.36. The van der Waals surface area contributed by atoms with Gasteiger partial charge in [-0.3, -0.25) is 9.52 Å². The number of carbonyl (C=O) groups excluding carboxylic acids is 1. The zero-order chi connectivity index (χ0) is 18.7. The van der Waals surface area contributed by atoms with Crippen LogP contribution in [0.5, 0.6) is 5.75 Å². The molecular weight excluding hydrogens is 374 g/mol. The molecule has 0 saturated carbocycles. The summed E-state index contributed by atoms with van der Waals surface area (Å²) in [5, 5.41) is 2.99. The maximum Gasteiger partial charge on any atom is 0.263 e. The Hall–Kier alpha value is -2.65. The SMILES string of the molecule is CCC(=O)Nc1cc(OC)c2nc(NS(=O)(=O)c3ccccc3)sc2c1. The summed E-state index contributed by atoms with van der Waals surface area (Å²) in [5.41, 5.74) is 1.10. The average Bonchev–Trinajstić information content (AvgIpc) is 3.03. The maximum absolute atomic E-state index is 12.5. The van der Waals surface area contributed by atoms with E-state index in [2.05, 4.69) is 15.0 Å². The van der Waals surface area contributed by atoms with Crippen molar-refractivity contribution < 1.29 is 17.9 Å². The molecule has 2 N–H and O–H groups in total. The minimum atomic E-state index is -3.73. The van der Waals surface area contributed by atoms with Gasteiger partial charge >= 0.3 is 0 Å². The predicted octanol–water partition coefficient (Wildman–Crippen LogP) is 3.45. The Morgan fingerprint density at radius 3 is 2.62 bits per heavy atom. The molecule has 0 fully saturated rings. The number of methoxy groups -OCH3 is 1. The van der Waals surface area contributed by atoms with Gasteiger partial charge in [0.15, 0.2) is 5.13 Å². The molecule has 0 radical (unpaired) electrons. The second-order valence-corrected chi connectivity index (χ2v) is 8.08. The number of nitrogens with zero attached hydrogens (tertiary/aromatic N) is 1. The molecule has 0 bridgehead atoms. The molecule has 3 aromatic rings. The molecule has 3 rings (SSSR count). The topological polar surface area (TPSA) is 97.4 Å². The number of sulfonamides is 1. The van der Waals surface area contributed by atoms with Crippen LogP contribution in [0, 0.1) is 0 Å². The molecule has 7 nitrogen and oxygen atoms in total. The van der Waals surface area contributed by atoms with Crippen LogP contribution in [0.3, 0.4) is 0 Å². The molecule has 136 valence electrons. The molecule has 1 amide bonds. The van der Waals surface area contributed by atoms with E-state index in [0.29, 0.717) is 28.1 Å². The fourth-order valence-electron chi connectivity index (χ4n) is 2.29.